The number of anilines is 2. The van der Waals surface area contributed by atoms with E-state index in [1.807, 2.05) is 0 Å². The summed E-state index contributed by atoms with van der Waals surface area (Å²) in [5.41, 5.74) is 6.08. The van der Waals surface area contributed by atoms with E-state index in [1.165, 1.54) is 0 Å². The average Bonchev–Trinajstić information content (AvgIpc) is 2.30. The summed E-state index contributed by atoms with van der Waals surface area (Å²) in [5.74, 6) is 1.24. The number of aliphatic hydroxyl groups excluding tert-OH is 1. The molecule has 0 amide bonds. The zero-order valence-electron chi connectivity index (χ0n) is 9.26. The first kappa shape index (κ1) is 11.1. The van der Waals surface area contributed by atoms with Gasteiger partial charge in [-0.3, -0.25) is 0 Å². The number of rotatable bonds is 3. The van der Waals surface area contributed by atoms with Gasteiger partial charge in [-0.15, -0.1) is 0 Å². The van der Waals surface area contributed by atoms with Crippen molar-refractivity contribution in [3.8, 4) is 0 Å². The highest BCUT2D eigenvalue weighted by Gasteiger charge is 2.19. The first-order chi connectivity index (χ1) is 7.74. The van der Waals surface area contributed by atoms with Gasteiger partial charge in [-0.2, -0.15) is 0 Å². The maximum Gasteiger partial charge on any atom is 0.222 e. The molecule has 1 heterocycles. The van der Waals surface area contributed by atoms with Crippen LogP contribution in [-0.2, 0) is 0 Å². The number of hydrogen-bond donors (Lipinski definition) is 3. The third kappa shape index (κ3) is 3.06. The molecule has 0 spiro atoms. The number of nitrogen functional groups attached to an aromatic ring is 1. The maximum absolute atomic E-state index is 9.38. The zero-order chi connectivity index (χ0) is 11.4. The summed E-state index contributed by atoms with van der Waals surface area (Å²) in [4.78, 5) is 8.16. The molecule has 0 bridgehead atoms. The lowest BCUT2D eigenvalue weighted by Gasteiger charge is -2.25. The number of hydrogen-bond acceptors (Lipinski definition) is 5. The Morgan fingerprint density at radius 1 is 1.25 bits per heavy atom. The van der Waals surface area contributed by atoms with E-state index in [0.29, 0.717) is 17.6 Å². The van der Waals surface area contributed by atoms with E-state index in [9.17, 15) is 5.11 Å². The molecule has 2 rings (SSSR count). The van der Waals surface area contributed by atoms with Crippen molar-refractivity contribution in [2.45, 2.75) is 31.8 Å². The molecule has 88 valence electrons. The Balaban J connectivity index is 1.77. The van der Waals surface area contributed by atoms with E-state index in [-0.39, 0.29) is 6.10 Å². The Hall–Kier alpha value is -1.36. The smallest absolute Gasteiger partial charge is 0.222 e. The fourth-order valence-electron chi connectivity index (χ4n) is 2.01. The van der Waals surface area contributed by atoms with Crippen LogP contribution in [0.15, 0.2) is 12.4 Å². The molecule has 0 saturated heterocycles. The number of nitrogens with two attached hydrogens (primary N) is 1. The van der Waals surface area contributed by atoms with Crippen LogP contribution < -0.4 is 11.1 Å². The molecule has 1 aliphatic carbocycles. The average molecular weight is 222 g/mol. The molecule has 0 aromatic carbocycles. The summed E-state index contributed by atoms with van der Waals surface area (Å²) < 4.78 is 0. The molecule has 5 heteroatoms. The molecule has 1 aromatic heterocycles. The van der Waals surface area contributed by atoms with Crippen molar-refractivity contribution in [2.75, 3.05) is 17.6 Å². The van der Waals surface area contributed by atoms with Crippen molar-refractivity contribution in [1.29, 1.82) is 0 Å². The lowest BCUT2D eigenvalue weighted by Crippen LogP contribution is -2.24. The van der Waals surface area contributed by atoms with Gasteiger partial charge in [-0.1, -0.05) is 0 Å². The van der Waals surface area contributed by atoms with Crippen LogP contribution in [0.2, 0.25) is 0 Å². The van der Waals surface area contributed by atoms with Gasteiger partial charge in [-0.05, 0) is 31.6 Å². The minimum absolute atomic E-state index is 0.0935. The van der Waals surface area contributed by atoms with Crippen molar-refractivity contribution < 1.29 is 5.11 Å². The molecular formula is C11H18N4O. The Labute approximate surface area is 95.1 Å². The van der Waals surface area contributed by atoms with Crippen LogP contribution in [0.25, 0.3) is 0 Å². The molecule has 1 fully saturated rings. The Morgan fingerprint density at radius 2 is 1.88 bits per heavy atom. The predicted molar refractivity (Wildman–Crippen MR) is 62.9 cm³/mol. The first-order valence-electron chi connectivity index (χ1n) is 5.73. The van der Waals surface area contributed by atoms with Crippen LogP contribution >= 0.6 is 0 Å². The highest BCUT2D eigenvalue weighted by Crippen LogP contribution is 2.24. The molecule has 1 aromatic rings. The van der Waals surface area contributed by atoms with Crippen LogP contribution in [0.1, 0.15) is 25.7 Å². The van der Waals surface area contributed by atoms with Crippen LogP contribution in [0.5, 0.6) is 0 Å². The minimum Gasteiger partial charge on any atom is -0.396 e. The van der Waals surface area contributed by atoms with Crippen LogP contribution in [-0.4, -0.2) is 27.7 Å². The summed E-state index contributed by atoms with van der Waals surface area (Å²) in [6, 6.07) is 0. The summed E-state index contributed by atoms with van der Waals surface area (Å²) in [5, 5.41) is 12.6. The fourth-order valence-corrected chi connectivity index (χ4v) is 2.01. The topological polar surface area (TPSA) is 84.1 Å². The fraction of sp³-hybridized carbons (Fsp3) is 0.636. The molecule has 5 nitrogen and oxygen atoms in total. The summed E-state index contributed by atoms with van der Waals surface area (Å²) in [6.07, 6.45) is 7.07. The molecule has 0 aliphatic heterocycles. The van der Waals surface area contributed by atoms with Gasteiger partial charge in [0.25, 0.3) is 0 Å². The van der Waals surface area contributed by atoms with Gasteiger partial charge in [0.05, 0.1) is 24.2 Å². The number of aromatic nitrogens is 2. The van der Waals surface area contributed by atoms with E-state index in [2.05, 4.69) is 15.3 Å². The van der Waals surface area contributed by atoms with Gasteiger partial charge in [0.2, 0.25) is 5.95 Å². The van der Waals surface area contributed by atoms with Crippen molar-refractivity contribution in [3.05, 3.63) is 12.4 Å². The summed E-state index contributed by atoms with van der Waals surface area (Å²) >= 11 is 0. The van der Waals surface area contributed by atoms with Gasteiger partial charge < -0.3 is 16.2 Å². The molecule has 16 heavy (non-hydrogen) atoms. The Kier molecular flexibility index (Phi) is 3.56. The normalized spacial score (nSPS) is 25.3. The van der Waals surface area contributed by atoms with E-state index >= 15 is 0 Å². The van der Waals surface area contributed by atoms with E-state index in [1.54, 1.807) is 12.4 Å². The predicted octanol–water partition coefficient (Wildman–Crippen LogP) is 1.02. The molecular weight excluding hydrogens is 204 g/mol. The second kappa shape index (κ2) is 5.12. The van der Waals surface area contributed by atoms with E-state index < -0.39 is 0 Å². The van der Waals surface area contributed by atoms with Gasteiger partial charge in [0.1, 0.15) is 0 Å². The van der Waals surface area contributed by atoms with Gasteiger partial charge in [0, 0.05) is 6.54 Å². The molecule has 1 aliphatic rings. The second-order valence-corrected chi connectivity index (χ2v) is 4.40. The molecule has 1 saturated carbocycles. The van der Waals surface area contributed by atoms with Crippen LogP contribution in [0, 0.1) is 5.92 Å². The quantitative estimate of drug-likeness (QED) is 0.711. The molecule has 0 radical (unpaired) electrons. The standard InChI is InChI=1S/C11H18N4O/c12-9-6-14-11(15-7-9)13-5-8-1-3-10(16)4-2-8/h6-8,10,16H,1-5,12H2,(H,13,14,15). The maximum atomic E-state index is 9.38. The zero-order valence-corrected chi connectivity index (χ0v) is 9.26. The van der Waals surface area contributed by atoms with Crippen LogP contribution in [0.3, 0.4) is 0 Å². The van der Waals surface area contributed by atoms with Crippen LogP contribution in [0.4, 0.5) is 11.6 Å². The van der Waals surface area contributed by atoms with E-state index in [0.717, 1.165) is 32.2 Å². The molecule has 4 N–H and O–H groups in total. The largest absolute Gasteiger partial charge is 0.396 e. The Morgan fingerprint density at radius 3 is 2.50 bits per heavy atom. The van der Waals surface area contributed by atoms with E-state index in [4.69, 9.17) is 5.73 Å². The number of aliphatic hydroxyl groups is 1. The highest BCUT2D eigenvalue weighted by molar-refractivity contribution is 5.35. The third-order valence-electron chi connectivity index (χ3n) is 3.04. The number of nitrogens with one attached hydrogen (secondary N) is 1. The Bertz CT molecular complexity index is 319. The monoisotopic (exact) mass is 222 g/mol. The summed E-state index contributed by atoms with van der Waals surface area (Å²) in [7, 11) is 0. The molecule has 0 atom stereocenters. The summed E-state index contributed by atoms with van der Waals surface area (Å²) in [6.45, 7) is 0.872. The van der Waals surface area contributed by atoms with Crippen molar-refractivity contribution in [3.63, 3.8) is 0 Å². The molecule has 0 unspecified atom stereocenters. The minimum atomic E-state index is -0.0935. The van der Waals surface area contributed by atoms with Crippen molar-refractivity contribution in [2.24, 2.45) is 5.92 Å². The van der Waals surface area contributed by atoms with Gasteiger partial charge in [0.15, 0.2) is 0 Å². The van der Waals surface area contributed by atoms with Gasteiger partial charge in [-0.25, -0.2) is 9.97 Å². The van der Waals surface area contributed by atoms with Crippen molar-refractivity contribution >= 4 is 11.6 Å². The lowest BCUT2D eigenvalue weighted by atomic mass is 9.87. The highest BCUT2D eigenvalue weighted by atomic mass is 16.3. The van der Waals surface area contributed by atoms with Crippen molar-refractivity contribution in [1.82, 2.24) is 9.97 Å². The van der Waals surface area contributed by atoms with Gasteiger partial charge >= 0.3 is 0 Å². The third-order valence-corrected chi connectivity index (χ3v) is 3.04. The lowest BCUT2D eigenvalue weighted by molar-refractivity contribution is 0.111. The SMILES string of the molecule is Nc1cnc(NCC2CCC(O)CC2)nc1. The number of nitrogens with zero attached hydrogens (tertiary/aromatic N) is 2. The second-order valence-electron chi connectivity index (χ2n) is 4.40. The first-order valence-corrected chi connectivity index (χ1v) is 5.73.